The van der Waals surface area contributed by atoms with Crippen molar-refractivity contribution in [3.8, 4) is 0 Å². The Hall–Kier alpha value is -2.38. The van der Waals surface area contributed by atoms with Gasteiger partial charge in [-0.1, -0.05) is 6.07 Å². The first kappa shape index (κ1) is 15.5. The van der Waals surface area contributed by atoms with Crippen molar-refractivity contribution in [2.45, 2.75) is 6.92 Å². The lowest BCUT2D eigenvalue weighted by Gasteiger charge is -2.28. The lowest BCUT2D eigenvalue weighted by atomic mass is 10.1. The fourth-order valence-corrected chi connectivity index (χ4v) is 3.31. The van der Waals surface area contributed by atoms with Crippen molar-refractivity contribution in [2.24, 2.45) is 0 Å². The molecular weight excluding hydrogens is 335 g/mol. The Balaban J connectivity index is 2.04. The van der Waals surface area contributed by atoms with Gasteiger partial charge in [-0.2, -0.15) is 0 Å². The van der Waals surface area contributed by atoms with Crippen molar-refractivity contribution >= 4 is 52.2 Å². The van der Waals surface area contributed by atoms with Crippen LogP contribution in [0.4, 0.5) is 10.1 Å². The SMILES string of the molecule is Cc1ccsc1C=C1C(=O)NC(=S)N(c2cccc(F)c2)C1=O. The highest BCUT2D eigenvalue weighted by Gasteiger charge is 2.34. The Kier molecular flexibility index (Phi) is 4.06. The van der Waals surface area contributed by atoms with E-state index in [0.29, 0.717) is 0 Å². The number of carbonyl (C=O) groups excluding carboxylic acids is 2. The normalized spacial score (nSPS) is 16.9. The number of nitrogens with one attached hydrogen (secondary N) is 1. The number of hydrogen-bond acceptors (Lipinski definition) is 4. The van der Waals surface area contributed by atoms with E-state index in [1.54, 1.807) is 6.07 Å². The van der Waals surface area contributed by atoms with E-state index in [1.807, 2.05) is 18.4 Å². The second-order valence-corrected chi connectivity index (χ2v) is 6.24. The van der Waals surface area contributed by atoms with Gasteiger partial charge in [0.25, 0.3) is 11.8 Å². The van der Waals surface area contributed by atoms with Gasteiger partial charge in [0.1, 0.15) is 11.4 Å². The Bertz CT molecular complexity index is 857. The smallest absolute Gasteiger partial charge is 0.270 e. The first-order valence-corrected chi connectivity index (χ1v) is 7.97. The van der Waals surface area contributed by atoms with Crippen LogP contribution in [0, 0.1) is 12.7 Å². The summed E-state index contributed by atoms with van der Waals surface area (Å²) >= 11 is 6.49. The standard InChI is InChI=1S/C16H11FN2O2S2/c1-9-5-6-23-13(9)8-12-14(20)18-16(22)19(15(12)21)11-4-2-3-10(17)7-11/h2-8H,1H3,(H,18,20,22). The maximum absolute atomic E-state index is 13.4. The van der Waals surface area contributed by atoms with Gasteiger partial charge in [0.05, 0.1) is 5.69 Å². The van der Waals surface area contributed by atoms with Crippen molar-refractivity contribution in [1.29, 1.82) is 0 Å². The summed E-state index contributed by atoms with van der Waals surface area (Å²) in [6.07, 6.45) is 1.53. The third-order valence-electron chi connectivity index (χ3n) is 3.35. The molecule has 0 atom stereocenters. The zero-order chi connectivity index (χ0) is 16.6. The van der Waals surface area contributed by atoms with Gasteiger partial charge < -0.3 is 0 Å². The fourth-order valence-electron chi connectivity index (χ4n) is 2.17. The molecule has 0 radical (unpaired) electrons. The summed E-state index contributed by atoms with van der Waals surface area (Å²) in [5.74, 6) is -1.62. The molecule has 2 heterocycles. The van der Waals surface area contributed by atoms with Crippen LogP contribution in [0.15, 0.2) is 41.3 Å². The van der Waals surface area contributed by atoms with E-state index in [4.69, 9.17) is 12.2 Å². The lowest BCUT2D eigenvalue weighted by Crippen LogP contribution is -2.54. The third kappa shape index (κ3) is 2.93. The summed E-state index contributed by atoms with van der Waals surface area (Å²) in [4.78, 5) is 26.7. The molecular formula is C16H11FN2O2S2. The number of carbonyl (C=O) groups is 2. The van der Waals surface area contributed by atoms with Gasteiger partial charge in [0.15, 0.2) is 5.11 Å². The zero-order valence-electron chi connectivity index (χ0n) is 12.0. The predicted octanol–water partition coefficient (Wildman–Crippen LogP) is 3.03. The molecule has 0 bridgehead atoms. The molecule has 1 saturated heterocycles. The minimum Gasteiger partial charge on any atom is -0.298 e. The van der Waals surface area contributed by atoms with Gasteiger partial charge in [0, 0.05) is 4.88 Å². The molecule has 116 valence electrons. The number of rotatable bonds is 2. The van der Waals surface area contributed by atoms with Gasteiger partial charge in [-0.15, -0.1) is 11.3 Å². The predicted molar refractivity (Wildman–Crippen MR) is 91.7 cm³/mol. The second-order valence-electron chi connectivity index (χ2n) is 4.91. The maximum Gasteiger partial charge on any atom is 0.270 e. The first-order chi connectivity index (χ1) is 11.0. The van der Waals surface area contributed by atoms with Gasteiger partial charge in [-0.3, -0.25) is 19.8 Å². The molecule has 7 heteroatoms. The topological polar surface area (TPSA) is 49.4 Å². The minimum absolute atomic E-state index is 0.0339. The molecule has 1 aromatic heterocycles. The monoisotopic (exact) mass is 346 g/mol. The van der Waals surface area contributed by atoms with Crippen LogP contribution in [-0.2, 0) is 9.59 Å². The van der Waals surface area contributed by atoms with Crippen LogP contribution in [0.5, 0.6) is 0 Å². The number of anilines is 1. The van der Waals surface area contributed by atoms with E-state index in [1.165, 1.54) is 35.6 Å². The van der Waals surface area contributed by atoms with Crippen LogP contribution in [0.1, 0.15) is 10.4 Å². The largest absolute Gasteiger partial charge is 0.298 e. The van der Waals surface area contributed by atoms with Crippen LogP contribution < -0.4 is 10.2 Å². The van der Waals surface area contributed by atoms with Crippen molar-refractivity contribution in [1.82, 2.24) is 5.32 Å². The number of thiocarbonyl (C=S) groups is 1. The van der Waals surface area contributed by atoms with E-state index in [9.17, 15) is 14.0 Å². The third-order valence-corrected chi connectivity index (χ3v) is 4.60. The van der Waals surface area contributed by atoms with E-state index in [0.717, 1.165) is 15.3 Å². The minimum atomic E-state index is -0.572. The summed E-state index contributed by atoms with van der Waals surface area (Å²) in [7, 11) is 0. The molecule has 2 amide bonds. The van der Waals surface area contributed by atoms with Crippen LogP contribution in [0.3, 0.4) is 0 Å². The van der Waals surface area contributed by atoms with Crippen LogP contribution >= 0.6 is 23.6 Å². The van der Waals surface area contributed by atoms with Crippen LogP contribution in [0.2, 0.25) is 0 Å². The summed E-state index contributed by atoms with van der Waals surface area (Å²) in [5, 5.41) is 4.28. The van der Waals surface area contributed by atoms with E-state index < -0.39 is 17.6 Å². The number of aryl methyl sites for hydroxylation is 1. The average Bonchev–Trinajstić information content (AvgIpc) is 2.88. The van der Waals surface area contributed by atoms with Crippen molar-refractivity contribution in [2.75, 3.05) is 4.90 Å². The number of amides is 2. The van der Waals surface area contributed by atoms with Crippen LogP contribution in [-0.4, -0.2) is 16.9 Å². The molecule has 0 aliphatic carbocycles. The van der Waals surface area contributed by atoms with Crippen LogP contribution in [0.25, 0.3) is 6.08 Å². The molecule has 1 fully saturated rings. The second kappa shape index (κ2) is 6.02. The summed E-state index contributed by atoms with van der Waals surface area (Å²) < 4.78 is 13.4. The molecule has 0 unspecified atom stereocenters. The maximum atomic E-state index is 13.4. The molecule has 1 N–H and O–H groups in total. The fraction of sp³-hybridized carbons (Fsp3) is 0.0625. The first-order valence-electron chi connectivity index (χ1n) is 6.68. The molecule has 1 aliphatic heterocycles. The van der Waals surface area contributed by atoms with Gasteiger partial charge in [0.2, 0.25) is 0 Å². The highest BCUT2D eigenvalue weighted by atomic mass is 32.1. The molecule has 3 rings (SSSR count). The van der Waals surface area contributed by atoms with Crippen molar-refractivity contribution < 1.29 is 14.0 Å². The Morgan fingerprint density at radius 2 is 2.09 bits per heavy atom. The summed E-state index contributed by atoms with van der Waals surface area (Å²) in [6.45, 7) is 1.89. The van der Waals surface area contributed by atoms with Gasteiger partial charge in [-0.05, 0) is 60.4 Å². The molecule has 1 aromatic carbocycles. The van der Waals surface area contributed by atoms with E-state index in [-0.39, 0.29) is 16.4 Å². The van der Waals surface area contributed by atoms with Crippen molar-refractivity contribution in [3.05, 3.63) is 57.5 Å². The summed E-state index contributed by atoms with van der Waals surface area (Å²) in [6, 6.07) is 7.39. The Morgan fingerprint density at radius 1 is 1.30 bits per heavy atom. The molecule has 23 heavy (non-hydrogen) atoms. The number of thiophene rings is 1. The molecule has 2 aromatic rings. The highest BCUT2D eigenvalue weighted by molar-refractivity contribution is 7.80. The van der Waals surface area contributed by atoms with Gasteiger partial charge >= 0.3 is 0 Å². The number of benzene rings is 1. The number of halogens is 1. The van der Waals surface area contributed by atoms with Gasteiger partial charge in [-0.25, -0.2) is 4.39 Å². The summed E-state index contributed by atoms with van der Waals surface area (Å²) in [5.41, 5.74) is 1.20. The van der Waals surface area contributed by atoms with Crippen molar-refractivity contribution in [3.63, 3.8) is 0 Å². The molecule has 0 saturated carbocycles. The Morgan fingerprint density at radius 3 is 2.74 bits per heavy atom. The highest BCUT2D eigenvalue weighted by Crippen LogP contribution is 2.25. The Labute approximate surface area is 141 Å². The number of nitrogens with zero attached hydrogens (tertiary/aromatic N) is 1. The average molecular weight is 346 g/mol. The lowest BCUT2D eigenvalue weighted by molar-refractivity contribution is -0.122. The molecule has 1 aliphatic rings. The zero-order valence-corrected chi connectivity index (χ0v) is 13.6. The molecule has 4 nitrogen and oxygen atoms in total. The quantitative estimate of drug-likeness (QED) is 0.517. The van der Waals surface area contributed by atoms with E-state index >= 15 is 0 Å². The number of hydrogen-bond donors (Lipinski definition) is 1. The van der Waals surface area contributed by atoms with E-state index in [2.05, 4.69) is 5.32 Å². The molecule has 0 spiro atoms.